The molecule has 25 heavy (non-hydrogen) atoms. The molecule has 0 spiro atoms. The highest BCUT2D eigenvalue weighted by atomic mass is 19.1. The van der Waals surface area contributed by atoms with E-state index in [0.29, 0.717) is 11.2 Å². The van der Waals surface area contributed by atoms with Crippen molar-refractivity contribution in [2.24, 2.45) is 0 Å². The lowest BCUT2D eigenvalue weighted by molar-refractivity contribution is 0.102. The van der Waals surface area contributed by atoms with Crippen molar-refractivity contribution in [3.63, 3.8) is 0 Å². The lowest BCUT2D eigenvalue weighted by atomic mass is 10.1. The Kier molecular flexibility index (Phi) is 4.97. The second-order valence-corrected chi connectivity index (χ2v) is 5.79. The van der Waals surface area contributed by atoms with E-state index in [9.17, 15) is 9.18 Å². The zero-order chi connectivity index (χ0) is 17.8. The van der Waals surface area contributed by atoms with Gasteiger partial charge in [-0.25, -0.2) is 14.4 Å². The molecule has 0 fully saturated rings. The number of carbonyl (C=O) groups is 1. The van der Waals surface area contributed by atoms with Crippen molar-refractivity contribution < 1.29 is 9.18 Å². The molecule has 1 aliphatic rings. The fourth-order valence-electron chi connectivity index (χ4n) is 2.75. The first kappa shape index (κ1) is 16.9. The molecule has 0 unspecified atom stereocenters. The van der Waals surface area contributed by atoms with Crippen molar-refractivity contribution in [1.29, 1.82) is 0 Å². The van der Waals surface area contributed by atoms with Gasteiger partial charge in [-0.2, -0.15) is 0 Å². The van der Waals surface area contributed by atoms with Crippen LogP contribution in [0.2, 0.25) is 0 Å². The Morgan fingerprint density at radius 2 is 2.00 bits per heavy atom. The SMILES string of the molecule is CCC.O=C(Nc1ncc(F)cn1)c1cc2c(n3cnnc13)CCC2. The van der Waals surface area contributed by atoms with Gasteiger partial charge >= 0.3 is 0 Å². The van der Waals surface area contributed by atoms with Crippen molar-refractivity contribution in [2.45, 2.75) is 39.5 Å². The third-order valence-corrected chi connectivity index (χ3v) is 3.72. The second kappa shape index (κ2) is 7.33. The molecule has 0 bridgehead atoms. The molecule has 0 saturated carbocycles. The molecule has 8 heteroatoms. The number of carbonyl (C=O) groups excluding carboxylic acids is 1. The van der Waals surface area contributed by atoms with Gasteiger partial charge in [0.2, 0.25) is 5.95 Å². The maximum Gasteiger partial charge on any atom is 0.261 e. The maximum absolute atomic E-state index is 12.8. The van der Waals surface area contributed by atoms with E-state index in [1.165, 1.54) is 6.42 Å². The first-order valence-electron chi connectivity index (χ1n) is 8.27. The molecule has 0 aliphatic heterocycles. The molecule has 0 atom stereocenters. The van der Waals surface area contributed by atoms with Gasteiger partial charge in [0.1, 0.15) is 6.33 Å². The van der Waals surface area contributed by atoms with E-state index in [0.717, 1.165) is 42.9 Å². The lowest BCUT2D eigenvalue weighted by Gasteiger charge is -2.08. The monoisotopic (exact) mass is 342 g/mol. The third-order valence-electron chi connectivity index (χ3n) is 3.72. The Morgan fingerprint density at radius 1 is 1.28 bits per heavy atom. The molecule has 3 aromatic rings. The van der Waals surface area contributed by atoms with Crippen LogP contribution in [-0.4, -0.2) is 30.5 Å². The Hall–Kier alpha value is -2.90. The van der Waals surface area contributed by atoms with Gasteiger partial charge in [-0.1, -0.05) is 20.3 Å². The normalized spacial score (nSPS) is 12.4. The number of nitrogens with zero attached hydrogens (tertiary/aromatic N) is 5. The van der Waals surface area contributed by atoms with Crippen LogP contribution in [0, 0.1) is 5.82 Å². The summed E-state index contributed by atoms with van der Waals surface area (Å²) in [5.74, 6) is -0.903. The van der Waals surface area contributed by atoms with E-state index >= 15 is 0 Å². The minimum atomic E-state index is -0.560. The first-order valence-corrected chi connectivity index (χ1v) is 8.27. The fourth-order valence-corrected chi connectivity index (χ4v) is 2.75. The number of aromatic nitrogens is 5. The number of anilines is 1. The summed E-state index contributed by atoms with van der Waals surface area (Å²) in [7, 11) is 0. The molecule has 0 aromatic carbocycles. The van der Waals surface area contributed by atoms with Crippen molar-refractivity contribution in [2.75, 3.05) is 5.32 Å². The van der Waals surface area contributed by atoms with Gasteiger partial charge in [0.05, 0.1) is 18.0 Å². The van der Waals surface area contributed by atoms with E-state index in [1.807, 2.05) is 10.5 Å². The molecular weight excluding hydrogens is 323 g/mol. The minimum Gasteiger partial charge on any atom is -0.290 e. The molecule has 1 N–H and O–H groups in total. The van der Waals surface area contributed by atoms with Gasteiger partial charge < -0.3 is 0 Å². The molecule has 1 aliphatic carbocycles. The Labute approximate surface area is 144 Å². The van der Waals surface area contributed by atoms with Crippen LogP contribution in [0.25, 0.3) is 5.65 Å². The number of fused-ring (bicyclic) bond motifs is 3. The molecule has 7 nitrogen and oxygen atoms in total. The van der Waals surface area contributed by atoms with Crippen LogP contribution in [-0.2, 0) is 12.8 Å². The summed E-state index contributed by atoms with van der Waals surface area (Å²) >= 11 is 0. The van der Waals surface area contributed by atoms with Crippen LogP contribution in [0.4, 0.5) is 10.3 Å². The largest absolute Gasteiger partial charge is 0.290 e. The number of nitrogens with one attached hydrogen (secondary N) is 1. The molecule has 4 rings (SSSR count). The highest BCUT2D eigenvalue weighted by Crippen LogP contribution is 2.25. The lowest BCUT2D eigenvalue weighted by Crippen LogP contribution is -2.16. The number of halogens is 1. The van der Waals surface area contributed by atoms with Crippen LogP contribution < -0.4 is 5.32 Å². The number of rotatable bonds is 2. The quantitative estimate of drug-likeness (QED) is 0.774. The Balaban J connectivity index is 0.000000569. The van der Waals surface area contributed by atoms with Crippen LogP contribution in [0.15, 0.2) is 24.8 Å². The summed E-state index contributed by atoms with van der Waals surface area (Å²) in [6.07, 6.45) is 7.79. The predicted octanol–water partition coefficient (Wildman–Crippen LogP) is 2.82. The Bertz CT molecular complexity index is 890. The van der Waals surface area contributed by atoms with Crippen LogP contribution in [0.1, 0.15) is 48.3 Å². The number of pyridine rings is 1. The summed E-state index contributed by atoms with van der Waals surface area (Å²) < 4.78 is 14.7. The summed E-state index contributed by atoms with van der Waals surface area (Å²) in [6.45, 7) is 4.25. The second-order valence-electron chi connectivity index (χ2n) is 5.79. The van der Waals surface area contributed by atoms with Gasteiger partial charge in [-0.3, -0.25) is 14.5 Å². The van der Waals surface area contributed by atoms with Crippen LogP contribution in [0.5, 0.6) is 0 Å². The van der Waals surface area contributed by atoms with Gasteiger partial charge in [0.25, 0.3) is 5.91 Å². The van der Waals surface area contributed by atoms with E-state index < -0.39 is 5.82 Å². The zero-order valence-electron chi connectivity index (χ0n) is 14.2. The molecular formula is C17H19FN6O. The smallest absolute Gasteiger partial charge is 0.261 e. The van der Waals surface area contributed by atoms with E-state index in [2.05, 4.69) is 39.3 Å². The van der Waals surface area contributed by atoms with Gasteiger partial charge in [-0.15, -0.1) is 10.2 Å². The first-order chi connectivity index (χ1) is 12.1. The van der Waals surface area contributed by atoms with Crippen molar-refractivity contribution in [1.82, 2.24) is 24.6 Å². The predicted molar refractivity (Wildman–Crippen MR) is 90.9 cm³/mol. The molecule has 3 heterocycles. The minimum absolute atomic E-state index is 0.0459. The number of amides is 1. The van der Waals surface area contributed by atoms with Crippen molar-refractivity contribution >= 4 is 17.5 Å². The van der Waals surface area contributed by atoms with E-state index in [-0.39, 0.29) is 11.9 Å². The molecule has 0 saturated heterocycles. The highest BCUT2D eigenvalue weighted by molar-refractivity contribution is 6.07. The van der Waals surface area contributed by atoms with Gasteiger partial charge in [0.15, 0.2) is 11.5 Å². The van der Waals surface area contributed by atoms with E-state index in [4.69, 9.17) is 0 Å². The number of aryl methyl sites for hydroxylation is 2. The average molecular weight is 342 g/mol. The summed E-state index contributed by atoms with van der Waals surface area (Å²) in [4.78, 5) is 19.9. The van der Waals surface area contributed by atoms with E-state index in [1.54, 1.807) is 6.33 Å². The maximum atomic E-state index is 12.8. The van der Waals surface area contributed by atoms with Crippen LogP contribution in [0.3, 0.4) is 0 Å². The molecule has 3 aromatic heterocycles. The Morgan fingerprint density at radius 3 is 2.72 bits per heavy atom. The zero-order valence-corrected chi connectivity index (χ0v) is 14.2. The average Bonchev–Trinajstić information content (AvgIpc) is 3.24. The highest BCUT2D eigenvalue weighted by Gasteiger charge is 2.21. The van der Waals surface area contributed by atoms with Crippen molar-refractivity contribution in [3.8, 4) is 0 Å². The standard InChI is InChI=1S/C14H11FN6O.C3H8/c15-9-5-16-14(17-6-9)19-13(22)10-4-8-2-1-3-11(8)21-7-18-20-12(10)21;1-3-2/h4-7H,1-3H2,(H,16,17,19,22);3H2,1-2H3. The van der Waals surface area contributed by atoms with Crippen molar-refractivity contribution in [3.05, 3.63) is 47.4 Å². The number of hydrogen-bond donors (Lipinski definition) is 1. The molecule has 0 radical (unpaired) electrons. The topological polar surface area (TPSA) is 85.1 Å². The molecule has 1 amide bonds. The summed E-state index contributed by atoms with van der Waals surface area (Å²) in [6, 6.07) is 1.84. The summed E-state index contributed by atoms with van der Waals surface area (Å²) in [5, 5.41) is 10.5. The third kappa shape index (κ3) is 3.47. The van der Waals surface area contributed by atoms with Gasteiger partial charge in [-0.05, 0) is 30.9 Å². The number of hydrogen-bond acceptors (Lipinski definition) is 5. The molecule has 130 valence electrons. The summed E-state index contributed by atoms with van der Waals surface area (Å²) in [5.41, 5.74) is 3.18. The van der Waals surface area contributed by atoms with Crippen LogP contribution >= 0.6 is 0 Å². The van der Waals surface area contributed by atoms with Gasteiger partial charge in [0, 0.05) is 5.69 Å². The fraction of sp³-hybridized carbons (Fsp3) is 0.353.